The standard InChI is InChI=1S/C24H23ClN2O3/c25-18-9-7-16(8-10-18)22-14-20(19-5-1-2-6-21(19)26-22)23(28)27-11-3-4-17(15-27)24-29-12-13-30-24/h1-2,5-10,14,17,24H,3-4,11-13,15H2. The van der Waals surface area contributed by atoms with E-state index in [-0.39, 0.29) is 18.1 Å². The first-order valence-electron chi connectivity index (χ1n) is 10.4. The molecular weight excluding hydrogens is 400 g/mol. The third kappa shape index (κ3) is 3.81. The number of likely N-dealkylation sites (tertiary alicyclic amines) is 1. The Morgan fingerprint density at radius 2 is 1.83 bits per heavy atom. The van der Waals surface area contributed by atoms with Crippen molar-refractivity contribution in [3.8, 4) is 11.3 Å². The summed E-state index contributed by atoms with van der Waals surface area (Å²) in [7, 11) is 0. The fourth-order valence-electron chi connectivity index (χ4n) is 4.36. The maximum atomic E-state index is 13.6. The lowest BCUT2D eigenvalue weighted by Crippen LogP contribution is -2.43. The van der Waals surface area contributed by atoms with Gasteiger partial charge in [-0.3, -0.25) is 4.79 Å². The molecule has 0 bridgehead atoms. The third-order valence-corrected chi connectivity index (χ3v) is 6.12. The van der Waals surface area contributed by atoms with Crippen LogP contribution < -0.4 is 0 Å². The minimum atomic E-state index is -0.195. The van der Waals surface area contributed by atoms with Crippen LogP contribution in [0.1, 0.15) is 23.2 Å². The highest BCUT2D eigenvalue weighted by molar-refractivity contribution is 6.30. The molecule has 2 aromatic carbocycles. The number of carbonyl (C=O) groups excluding carboxylic acids is 1. The summed E-state index contributed by atoms with van der Waals surface area (Å²) in [5.41, 5.74) is 3.19. The number of hydrogen-bond acceptors (Lipinski definition) is 4. The van der Waals surface area contributed by atoms with E-state index in [2.05, 4.69) is 0 Å². The Hall–Kier alpha value is -2.47. The van der Waals surface area contributed by atoms with Gasteiger partial charge in [0.1, 0.15) is 0 Å². The minimum Gasteiger partial charge on any atom is -0.350 e. The molecule has 0 aliphatic carbocycles. The molecular formula is C24H23ClN2O3. The summed E-state index contributed by atoms with van der Waals surface area (Å²) < 4.78 is 11.4. The van der Waals surface area contributed by atoms with Crippen LogP contribution in [0, 0.1) is 5.92 Å². The molecule has 3 aromatic rings. The second kappa shape index (κ2) is 8.34. The van der Waals surface area contributed by atoms with Crippen molar-refractivity contribution in [3.63, 3.8) is 0 Å². The van der Waals surface area contributed by atoms with Gasteiger partial charge in [0.2, 0.25) is 0 Å². The van der Waals surface area contributed by atoms with Gasteiger partial charge in [-0.05, 0) is 37.1 Å². The van der Waals surface area contributed by atoms with Crippen LogP contribution in [0.15, 0.2) is 54.6 Å². The van der Waals surface area contributed by atoms with Gasteiger partial charge in [0.15, 0.2) is 6.29 Å². The molecule has 5 rings (SSSR count). The molecule has 6 heteroatoms. The molecule has 2 saturated heterocycles. The zero-order valence-electron chi connectivity index (χ0n) is 16.6. The van der Waals surface area contributed by atoms with Gasteiger partial charge in [-0.2, -0.15) is 0 Å². The average Bonchev–Trinajstić information content (AvgIpc) is 3.33. The highest BCUT2D eigenvalue weighted by Crippen LogP contribution is 2.30. The van der Waals surface area contributed by atoms with Gasteiger partial charge in [-0.25, -0.2) is 4.98 Å². The van der Waals surface area contributed by atoms with Crippen molar-refractivity contribution < 1.29 is 14.3 Å². The Morgan fingerprint density at radius 1 is 1.07 bits per heavy atom. The molecule has 5 nitrogen and oxygen atoms in total. The van der Waals surface area contributed by atoms with Gasteiger partial charge in [0.05, 0.1) is 30.0 Å². The molecule has 1 aromatic heterocycles. The van der Waals surface area contributed by atoms with Gasteiger partial charge in [-0.15, -0.1) is 0 Å². The van der Waals surface area contributed by atoms with Crippen LogP contribution >= 0.6 is 11.6 Å². The van der Waals surface area contributed by atoms with Gasteiger partial charge in [0, 0.05) is 35.0 Å². The molecule has 0 radical (unpaired) electrons. The predicted molar refractivity (Wildman–Crippen MR) is 117 cm³/mol. The number of para-hydroxylation sites is 1. The number of benzene rings is 2. The number of hydrogen-bond donors (Lipinski definition) is 0. The number of nitrogens with zero attached hydrogens (tertiary/aromatic N) is 2. The summed E-state index contributed by atoms with van der Waals surface area (Å²) in [5, 5.41) is 1.54. The van der Waals surface area contributed by atoms with E-state index in [1.165, 1.54) is 0 Å². The first-order valence-corrected chi connectivity index (χ1v) is 10.7. The second-order valence-corrected chi connectivity index (χ2v) is 8.28. The van der Waals surface area contributed by atoms with Gasteiger partial charge in [-0.1, -0.05) is 41.9 Å². The maximum absolute atomic E-state index is 13.6. The molecule has 154 valence electrons. The smallest absolute Gasteiger partial charge is 0.254 e. The number of fused-ring (bicyclic) bond motifs is 1. The van der Waals surface area contributed by atoms with Crippen LogP contribution in [0.5, 0.6) is 0 Å². The van der Waals surface area contributed by atoms with Gasteiger partial charge >= 0.3 is 0 Å². The van der Waals surface area contributed by atoms with Crippen LogP contribution in [-0.2, 0) is 9.47 Å². The summed E-state index contributed by atoms with van der Waals surface area (Å²) in [5.74, 6) is 0.251. The number of halogens is 1. The van der Waals surface area contributed by atoms with Crippen molar-refractivity contribution in [2.75, 3.05) is 26.3 Å². The largest absolute Gasteiger partial charge is 0.350 e. The first-order chi connectivity index (χ1) is 14.7. The van der Waals surface area contributed by atoms with Crippen molar-refractivity contribution in [3.05, 3.63) is 65.2 Å². The Morgan fingerprint density at radius 3 is 2.63 bits per heavy atom. The van der Waals surface area contributed by atoms with E-state index in [9.17, 15) is 4.79 Å². The second-order valence-electron chi connectivity index (χ2n) is 7.84. The maximum Gasteiger partial charge on any atom is 0.254 e. The lowest BCUT2D eigenvalue weighted by molar-refractivity contribution is -0.0969. The molecule has 0 N–H and O–H groups in total. The van der Waals surface area contributed by atoms with Crippen molar-refractivity contribution in [1.82, 2.24) is 9.88 Å². The first kappa shape index (κ1) is 19.5. The molecule has 1 amide bonds. The number of carbonyl (C=O) groups is 1. The zero-order valence-corrected chi connectivity index (χ0v) is 17.3. The van der Waals surface area contributed by atoms with E-state index in [4.69, 9.17) is 26.1 Å². The van der Waals surface area contributed by atoms with E-state index in [1.54, 1.807) is 0 Å². The number of rotatable bonds is 3. The lowest BCUT2D eigenvalue weighted by atomic mass is 9.96. The monoisotopic (exact) mass is 422 g/mol. The Bertz CT molecular complexity index is 1060. The quantitative estimate of drug-likeness (QED) is 0.609. The molecule has 2 aliphatic heterocycles. The summed E-state index contributed by atoms with van der Waals surface area (Å²) >= 11 is 6.04. The molecule has 0 saturated carbocycles. The van der Waals surface area contributed by atoms with Crippen LogP contribution in [0.4, 0.5) is 0 Å². The topological polar surface area (TPSA) is 51.7 Å². The SMILES string of the molecule is O=C(c1cc(-c2ccc(Cl)cc2)nc2ccccc12)N1CCCC(C2OCCO2)C1. The third-order valence-electron chi connectivity index (χ3n) is 5.86. The van der Waals surface area contributed by atoms with E-state index >= 15 is 0 Å². The highest BCUT2D eigenvalue weighted by Gasteiger charge is 2.33. The average molecular weight is 423 g/mol. The minimum absolute atomic E-state index is 0.0338. The normalized spacial score (nSPS) is 20.0. The van der Waals surface area contributed by atoms with Crippen LogP contribution in [0.3, 0.4) is 0 Å². The summed E-state index contributed by atoms with van der Waals surface area (Å²) in [6.45, 7) is 2.66. The van der Waals surface area contributed by atoms with Crippen molar-refractivity contribution in [2.45, 2.75) is 19.1 Å². The Kier molecular flexibility index (Phi) is 5.42. The Balaban J connectivity index is 1.50. The Labute approximate surface area is 180 Å². The summed E-state index contributed by atoms with van der Waals surface area (Å²) in [4.78, 5) is 20.3. The van der Waals surface area contributed by atoms with Crippen LogP contribution in [0.2, 0.25) is 5.02 Å². The number of piperidine rings is 1. The van der Waals surface area contributed by atoms with E-state index in [0.29, 0.717) is 30.3 Å². The van der Waals surface area contributed by atoms with E-state index in [0.717, 1.165) is 41.5 Å². The molecule has 1 unspecified atom stereocenters. The van der Waals surface area contributed by atoms with Gasteiger partial charge < -0.3 is 14.4 Å². The van der Waals surface area contributed by atoms with Crippen molar-refractivity contribution in [2.24, 2.45) is 5.92 Å². The van der Waals surface area contributed by atoms with Crippen molar-refractivity contribution >= 4 is 28.4 Å². The summed E-state index contributed by atoms with van der Waals surface area (Å²) in [6.07, 6.45) is 1.77. The molecule has 3 heterocycles. The van der Waals surface area contributed by atoms with Gasteiger partial charge in [0.25, 0.3) is 5.91 Å². The molecule has 30 heavy (non-hydrogen) atoms. The number of pyridine rings is 1. The molecule has 2 aliphatic rings. The molecule has 1 atom stereocenters. The predicted octanol–water partition coefficient (Wildman–Crippen LogP) is 4.78. The highest BCUT2D eigenvalue weighted by atomic mass is 35.5. The lowest BCUT2D eigenvalue weighted by Gasteiger charge is -2.35. The van der Waals surface area contributed by atoms with E-state index < -0.39 is 0 Å². The number of amides is 1. The van der Waals surface area contributed by atoms with Crippen molar-refractivity contribution in [1.29, 1.82) is 0 Å². The molecule has 0 spiro atoms. The summed E-state index contributed by atoms with van der Waals surface area (Å²) in [6, 6.07) is 17.2. The van der Waals surface area contributed by atoms with Crippen LogP contribution in [-0.4, -0.2) is 48.4 Å². The number of aromatic nitrogens is 1. The zero-order chi connectivity index (χ0) is 20.5. The fourth-order valence-corrected chi connectivity index (χ4v) is 4.48. The number of ether oxygens (including phenoxy) is 2. The molecule has 2 fully saturated rings. The van der Waals surface area contributed by atoms with Crippen LogP contribution in [0.25, 0.3) is 22.2 Å². The van der Waals surface area contributed by atoms with E-state index in [1.807, 2.05) is 59.5 Å². The fraction of sp³-hybridized carbons (Fsp3) is 0.333.